The number of rotatable bonds is 3. The molecular formula is C13H17BrN2. The molecule has 0 saturated heterocycles. The van der Waals surface area contributed by atoms with E-state index in [0.29, 0.717) is 5.92 Å². The van der Waals surface area contributed by atoms with Gasteiger partial charge in [0.15, 0.2) is 0 Å². The molecule has 0 spiro atoms. The summed E-state index contributed by atoms with van der Waals surface area (Å²) < 4.78 is 1.14. The topological polar surface area (TPSA) is 24.4 Å². The predicted octanol–water partition coefficient (Wildman–Crippen LogP) is 3.02. The quantitative estimate of drug-likeness (QED) is 0.905. The zero-order valence-electron chi connectivity index (χ0n) is 9.54. The molecule has 1 aromatic carbocycles. The molecule has 1 N–H and O–H groups in total. The van der Waals surface area contributed by atoms with E-state index < -0.39 is 0 Å². The molecule has 86 valence electrons. The molecule has 1 atom stereocenters. The number of benzene rings is 1. The van der Waals surface area contributed by atoms with Crippen molar-refractivity contribution in [2.75, 3.05) is 13.1 Å². The second kappa shape index (κ2) is 5.48. The summed E-state index contributed by atoms with van der Waals surface area (Å²) >= 11 is 3.45. The molecule has 0 amide bonds. The first kappa shape index (κ1) is 11.6. The highest BCUT2D eigenvalue weighted by atomic mass is 79.9. The number of nitrogens with one attached hydrogen (secondary N) is 1. The molecular weight excluding hydrogens is 264 g/mol. The minimum absolute atomic E-state index is 0.487. The van der Waals surface area contributed by atoms with E-state index in [1.54, 1.807) is 0 Å². The van der Waals surface area contributed by atoms with Gasteiger partial charge in [-0.2, -0.15) is 0 Å². The van der Waals surface area contributed by atoms with Gasteiger partial charge in [0.05, 0.1) is 5.84 Å². The van der Waals surface area contributed by atoms with Gasteiger partial charge in [0.1, 0.15) is 0 Å². The summed E-state index contributed by atoms with van der Waals surface area (Å²) in [7, 11) is 0. The fraction of sp³-hybridized carbons (Fsp3) is 0.462. The molecule has 0 fully saturated rings. The highest BCUT2D eigenvalue weighted by Crippen LogP contribution is 2.15. The monoisotopic (exact) mass is 280 g/mol. The normalized spacial score (nSPS) is 17.5. The van der Waals surface area contributed by atoms with E-state index in [1.165, 1.54) is 11.4 Å². The number of aliphatic imine (C=N–C) groups is 1. The van der Waals surface area contributed by atoms with Crippen LogP contribution in [0.15, 0.2) is 33.7 Å². The van der Waals surface area contributed by atoms with E-state index >= 15 is 0 Å². The Morgan fingerprint density at radius 3 is 2.75 bits per heavy atom. The number of nitrogens with zero attached hydrogens (tertiary/aromatic N) is 1. The average Bonchev–Trinajstić information content (AvgIpc) is 2.33. The first-order valence-electron chi connectivity index (χ1n) is 5.78. The zero-order valence-corrected chi connectivity index (χ0v) is 11.1. The van der Waals surface area contributed by atoms with E-state index in [9.17, 15) is 0 Å². The van der Waals surface area contributed by atoms with Gasteiger partial charge in [-0.3, -0.25) is 4.99 Å². The largest absolute Gasteiger partial charge is 0.374 e. The van der Waals surface area contributed by atoms with E-state index in [-0.39, 0.29) is 0 Å². The molecule has 1 heterocycles. The highest BCUT2D eigenvalue weighted by molar-refractivity contribution is 9.10. The maximum Gasteiger partial charge on any atom is 0.0994 e. The summed E-state index contributed by atoms with van der Waals surface area (Å²) in [5.74, 6) is 1.66. The summed E-state index contributed by atoms with van der Waals surface area (Å²) in [6.07, 6.45) is 2.22. The van der Waals surface area contributed by atoms with Gasteiger partial charge in [-0.05, 0) is 30.5 Å². The fourth-order valence-corrected chi connectivity index (χ4v) is 2.22. The Bertz CT molecular complexity index is 370. The Balaban J connectivity index is 1.98. The van der Waals surface area contributed by atoms with Crippen molar-refractivity contribution in [3.63, 3.8) is 0 Å². The predicted molar refractivity (Wildman–Crippen MR) is 71.9 cm³/mol. The molecule has 0 unspecified atom stereocenters. The van der Waals surface area contributed by atoms with Crippen LogP contribution >= 0.6 is 15.9 Å². The SMILES string of the molecule is C[C@@H](Cc1ccc(Br)cc1)C1=NCCCN1. The molecule has 1 aliphatic rings. The van der Waals surface area contributed by atoms with Crippen LogP contribution in [0.1, 0.15) is 18.9 Å². The van der Waals surface area contributed by atoms with Gasteiger partial charge >= 0.3 is 0 Å². The Morgan fingerprint density at radius 1 is 1.38 bits per heavy atom. The molecule has 0 radical (unpaired) electrons. The van der Waals surface area contributed by atoms with Crippen LogP contribution in [0.3, 0.4) is 0 Å². The molecule has 0 aliphatic carbocycles. The molecule has 3 heteroatoms. The minimum Gasteiger partial charge on any atom is -0.374 e. The van der Waals surface area contributed by atoms with Crippen LogP contribution in [-0.2, 0) is 6.42 Å². The Morgan fingerprint density at radius 2 is 2.12 bits per heavy atom. The molecule has 16 heavy (non-hydrogen) atoms. The number of amidine groups is 1. The van der Waals surface area contributed by atoms with Crippen molar-refractivity contribution in [3.05, 3.63) is 34.3 Å². The summed E-state index contributed by atoms with van der Waals surface area (Å²) in [5.41, 5.74) is 1.37. The van der Waals surface area contributed by atoms with Gasteiger partial charge < -0.3 is 5.32 Å². The van der Waals surface area contributed by atoms with Crippen molar-refractivity contribution in [2.24, 2.45) is 10.9 Å². The smallest absolute Gasteiger partial charge is 0.0994 e. The molecule has 1 aromatic rings. The summed E-state index contributed by atoms with van der Waals surface area (Å²) in [5, 5.41) is 3.39. The fourth-order valence-electron chi connectivity index (χ4n) is 1.95. The number of hydrogen-bond acceptors (Lipinski definition) is 2. The van der Waals surface area contributed by atoms with Gasteiger partial charge in [-0.15, -0.1) is 0 Å². The average molecular weight is 281 g/mol. The lowest BCUT2D eigenvalue weighted by atomic mass is 9.99. The van der Waals surface area contributed by atoms with Crippen molar-refractivity contribution < 1.29 is 0 Å². The standard InChI is InChI=1S/C13H17BrN2/c1-10(13-15-7-2-8-16-13)9-11-3-5-12(14)6-4-11/h3-6,10H,2,7-9H2,1H3,(H,15,16)/t10-/m0/s1. The summed E-state index contributed by atoms with van der Waals surface area (Å²) in [6.45, 7) is 4.29. The van der Waals surface area contributed by atoms with E-state index in [1.807, 2.05) is 0 Å². The first-order chi connectivity index (χ1) is 7.75. The summed E-state index contributed by atoms with van der Waals surface area (Å²) in [4.78, 5) is 4.54. The Labute approximate surface area is 105 Å². The Hall–Kier alpha value is -0.830. The summed E-state index contributed by atoms with van der Waals surface area (Å²) in [6, 6.07) is 8.53. The van der Waals surface area contributed by atoms with Gasteiger partial charge in [0.2, 0.25) is 0 Å². The third-order valence-electron chi connectivity index (χ3n) is 2.85. The van der Waals surface area contributed by atoms with Crippen LogP contribution in [0.2, 0.25) is 0 Å². The van der Waals surface area contributed by atoms with Crippen molar-refractivity contribution in [3.8, 4) is 0 Å². The molecule has 0 saturated carbocycles. The molecule has 2 nitrogen and oxygen atoms in total. The molecule has 2 rings (SSSR count). The van der Waals surface area contributed by atoms with Crippen LogP contribution in [-0.4, -0.2) is 18.9 Å². The van der Waals surface area contributed by atoms with Crippen molar-refractivity contribution in [2.45, 2.75) is 19.8 Å². The zero-order chi connectivity index (χ0) is 11.4. The van der Waals surface area contributed by atoms with Gasteiger partial charge in [0, 0.05) is 23.5 Å². The van der Waals surface area contributed by atoms with E-state index in [4.69, 9.17) is 0 Å². The molecule has 0 bridgehead atoms. The minimum atomic E-state index is 0.487. The maximum absolute atomic E-state index is 4.54. The second-order valence-corrected chi connectivity index (χ2v) is 5.19. The van der Waals surface area contributed by atoms with Crippen molar-refractivity contribution >= 4 is 21.8 Å². The van der Waals surface area contributed by atoms with Crippen LogP contribution in [0.4, 0.5) is 0 Å². The van der Waals surface area contributed by atoms with Crippen LogP contribution in [0, 0.1) is 5.92 Å². The van der Waals surface area contributed by atoms with Gasteiger partial charge in [0.25, 0.3) is 0 Å². The maximum atomic E-state index is 4.54. The lowest BCUT2D eigenvalue weighted by Crippen LogP contribution is -2.35. The molecule has 0 aromatic heterocycles. The lowest BCUT2D eigenvalue weighted by Gasteiger charge is -2.20. The van der Waals surface area contributed by atoms with Crippen LogP contribution in [0.25, 0.3) is 0 Å². The van der Waals surface area contributed by atoms with E-state index in [2.05, 4.69) is 57.4 Å². The molecule has 1 aliphatic heterocycles. The van der Waals surface area contributed by atoms with Crippen LogP contribution in [0.5, 0.6) is 0 Å². The number of halogens is 1. The third-order valence-corrected chi connectivity index (χ3v) is 3.37. The van der Waals surface area contributed by atoms with Crippen LogP contribution < -0.4 is 5.32 Å². The second-order valence-electron chi connectivity index (χ2n) is 4.28. The third kappa shape index (κ3) is 3.08. The van der Waals surface area contributed by atoms with E-state index in [0.717, 1.165) is 30.4 Å². The highest BCUT2D eigenvalue weighted by Gasteiger charge is 2.13. The van der Waals surface area contributed by atoms with Crippen molar-refractivity contribution in [1.82, 2.24) is 5.32 Å². The first-order valence-corrected chi connectivity index (χ1v) is 6.57. The van der Waals surface area contributed by atoms with Gasteiger partial charge in [-0.25, -0.2) is 0 Å². The Kier molecular flexibility index (Phi) is 3.99. The van der Waals surface area contributed by atoms with Gasteiger partial charge in [-0.1, -0.05) is 35.0 Å². The number of hydrogen-bond donors (Lipinski definition) is 1. The van der Waals surface area contributed by atoms with Crippen molar-refractivity contribution in [1.29, 1.82) is 0 Å². The lowest BCUT2D eigenvalue weighted by molar-refractivity contribution is 0.659.